The number of rotatable bonds is 5. The van der Waals surface area contributed by atoms with Crippen LogP contribution < -0.4 is 15.5 Å². The molecular formula is C28H33N9O2S. The molecule has 0 bridgehead atoms. The third kappa shape index (κ3) is 4.91. The Bertz CT molecular complexity index is 1460. The Morgan fingerprint density at radius 3 is 2.62 bits per heavy atom. The van der Waals surface area contributed by atoms with Crippen molar-refractivity contribution in [1.29, 1.82) is 5.26 Å². The number of nitrogens with two attached hydrogens (primary N) is 1. The second kappa shape index (κ2) is 10.9. The number of thiophene rings is 1. The second-order valence-corrected chi connectivity index (χ2v) is 11.7. The molecule has 2 fully saturated rings. The van der Waals surface area contributed by atoms with Gasteiger partial charge in [0.1, 0.15) is 22.6 Å². The number of pyridine rings is 1. The molecule has 0 spiro atoms. The number of amides is 1. The van der Waals surface area contributed by atoms with E-state index in [1.165, 1.54) is 17.4 Å². The van der Waals surface area contributed by atoms with E-state index in [1.54, 1.807) is 0 Å². The lowest BCUT2D eigenvalue weighted by Crippen LogP contribution is -2.48. The molecule has 5 heterocycles. The molecule has 3 aromatic rings. The Morgan fingerprint density at radius 1 is 1.15 bits per heavy atom. The molecule has 12 heteroatoms. The van der Waals surface area contributed by atoms with Crippen molar-refractivity contribution in [2.75, 3.05) is 74.9 Å². The zero-order valence-corrected chi connectivity index (χ0v) is 23.5. The number of fused-ring (bicyclic) bond motifs is 1. The van der Waals surface area contributed by atoms with Gasteiger partial charge in [-0.15, -0.1) is 11.3 Å². The molecule has 1 atom stereocenters. The van der Waals surface area contributed by atoms with E-state index in [0.29, 0.717) is 54.2 Å². The van der Waals surface area contributed by atoms with Crippen LogP contribution in [0, 0.1) is 11.3 Å². The van der Waals surface area contributed by atoms with Crippen molar-refractivity contribution in [2.24, 2.45) is 0 Å². The van der Waals surface area contributed by atoms with Crippen LogP contribution in [0.4, 0.5) is 16.5 Å². The van der Waals surface area contributed by atoms with Crippen LogP contribution in [0.15, 0.2) is 29.3 Å². The van der Waals surface area contributed by atoms with Crippen molar-refractivity contribution < 1.29 is 9.32 Å². The number of hydrogen-bond donors (Lipinski definition) is 1. The van der Waals surface area contributed by atoms with Crippen molar-refractivity contribution in [3.8, 4) is 17.6 Å². The fraction of sp³-hybridized carbons (Fsp3) is 0.464. The van der Waals surface area contributed by atoms with Gasteiger partial charge in [-0.25, -0.2) is 4.98 Å². The van der Waals surface area contributed by atoms with E-state index in [2.05, 4.69) is 45.6 Å². The maximum atomic E-state index is 12.1. The molecule has 208 valence electrons. The highest BCUT2D eigenvalue weighted by molar-refractivity contribution is 7.16. The van der Waals surface area contributed by atoms with Crippen LogP contribution in [0.5, 0.6) is 0 Å². The Hall–Kier alpha value is -3.95. The largest absolute Gasteiger partial charge is 0.389 e. The van der Waals surface area contributed by atoms with E-state index in [9.17, 15) is 10.1 Å². The lowest BCUT2D eigenvalue weighted by Gasteiger charge is -2.37. The molecule has 2 aliphatic heterocycles. The molecule has 2 N–H and O–H groups in total. The summed E-state index contributed by atoms with van der Waals surface area (Å²) in [4.78, 5) is 31.8. The Kier molecular flexibility index (Phi) is 7.16. The first-order valence-electron chi connectivity index (χ1n) is 13.7. The van der Waals surface area contributed by atoms with Gasteiger partial charge in [-0.1, -0.05) is 11.7 Å². The van der Waals surface area contributed by atoms with Gasteiger partial charge in [-0.05, 0) is 44.0 Å². The van der Waals surface area contributed by atoms with Crippen molar-refractivity contribution in [3.63, 3.8) is 0 Å². The quantitative estimate of drug-likeness (QED) is 0.466. The minimum atomic E-state index is -0.149. The van der Waals surface area contributed by atoms with Gasteiger partial charge < -0.3 is 29.9 Å². The molecule has 1 aliphatic carbocycles. The molecule has 2 saturated heterocycles. The van der Waals surface area contributed by atoms with Gasteiger partial charge in [-0.2, -0.15) is 10.2 Å². The van der Waals surface area contributed by atoms with E-state index < -0.39 is 0 Å². The molecule has 0 saturated carbocycles. The van der Waals surface area contributed by atoms with Gasteiger partial charge in [-0.3, -0.25) is 4.79 Å². The Balaban J connectivity index is 1.33. The van der Waals surface area contributed by atoms with E-state index in [4.69, 9.17) is 20.2 Å². The predicted molar refractivity (Wildman–Crippen MR) is 154 cm³/mol. The lowest BCUT2D eigenvalue weighted by molar-refractivity contribution is -0.126. The average molecular weight is 560 g/mol. The number of nitrogen functional groups attached to an aromatic ring is 1. The summed E-state index contributed by atoms with van der Waals surface area (Å²) in [6.07, 6.45) is 4.08. The second-order valence-electron chi connectivity index (χ2n) is 10.6. The normalized spacial score (nSPS) is 19.8. The van der Waals surface area contributed by atoms with E-state index in [1.807, 2.05) is 11.0 Å². The third-order valence-electron chi connectivity index (χ3n) is 8.13. The first-order valence-corrected chi connectivity index (χ1v) is 14.5. The Morgan fingerprint density at radius 2 is 1.90 bits per heavy atom. The average Bonchev–Trinajstić information content (AvgIpc) is 3.61. The third-order valence-corrected chi connectivity index (χ3v) is 9.22. The number of aryl methyl sites for hydroxylation is 1. The number of carbonyl (C=O) groups excluding carboxylic acids is 1. The van der Waals surface area contributed by atoms with Gasteiger partial charge in [0.05, 0.1) is 11.5 Å². The minimum Gasteiger partial charge on any atom is -0.389 e. The monoisotopic (exact) mass is 559 g/mol. The van der Waals surface area contributed by atoms with E-state index in [-0.39, 0.29) is 11.8 Å². The molecule has 11 nitrogen and oxygen atoms in total. The van der Waals surface area contributed by atoms with E-state index >= 15 is 0 Å². The smallest absolute Gasteiger partial charge is 0.246 e. The highest BCUT2D eigenvalue weighted by atomic mass is 32.1. The molecular weight excluding hydrogens is 526 g/mol. The van der Waals surface area contributed by atoms with Crippen LogP contribution >= 0.6 is 11.3 Å². The van der Waals surface area contributed by atoms with Gasteiger partial charge in [0.25, 0.3) is 0 Å². The predicted octanol–water partition coefficient (Wildman–Crippen LogP) is 2.70. The molecule has 0 aromatic carbocycles. The molecule has 1 unspecified atom stereocenters. The highest BCUT2D eigenvalue weighted by Crippen LogP contribution is 2.44. The number of carbonyl (C=O) groups is 1. The molecule has 6 rings (SSSR count). The van der Waals surface area contributed by atoms with Crippen LogP contribution in [-0.2, 0) is 11.2 Å². The van der Waals surface area contributed by atoms with Crippen LogP contribution in [0.3, 0.4) is 0 Å². The maximum absolute atomic E-state index is 12.1. The van der Waals surface area contributed by atoms with Gasteiger partial charge >= 0.3 is 0 Å². The fourth-order valence-electron chi connectivity index (χ4n) is 5.83. The zero-order valence-electron chi connectivity index (χ0n) is 22.7. The fourth-order valence-corrected chi connectivity index (χ4v) is 6.95. The first kappa shape index (κ1) is 26.3. The standard InChI is InChI=1S/C28H33N9O2S/c1-3-24(38)37-13-11-35(12-14-37)18-15-21(31-23(16-18)36-9-7-34(2)8-10-36)27-32-28(39-33-27)19-5-4-6-22-25(19)20(17-29)26(30)40-22/h3,15-16,19H,1,4-14,30H2,2H3. The summed E-state index contributed by atoms with van der Waals surface area (Å²) < 4.78 is 5.83. The molecule has 40 heavy (non-hydrogen) atoms. The van der Waals surface area contributed by atoms with Crippen molar-refractivity contribution in [1.82, 2.24) is 24.9 Å². The molecule has 3 aromatic heterocycles. The van der Waals surface area contributed by atoms with Crippen molar-refractivity contribution >= 4 is 33.8 Å². The van der Waals surface area contributed by atoms with Crippen molar-refractivity contribution in [2.45, 2.75) is 25.2 Å². The number of aromatic nitrogens is 3. The summed E-state index contributed by atoms with van der Waals surface area (Å²) in [6, 6.07) is 6.42. The Labute approximate surface area is 237 Å². The number of nitriles is 1. The number of nitrogens with zero attached hydrogens (tertiary/aromatic N) is 8. The van der Waals surface area contributed by atoms with Gasteiger partial charge in [0.15, 0.2) is 0 Å². The highest BCUT2D eigenvalue weighted by Gasteiger charge is 2.33. The van der Waals surface area contributed by atoms with Crippen LogP contribution in [-0.4, -0.2) is 90.2 Å². The van der Waals surface area contributed by atoms with E-state index in [0.717, 1.165) is 67.4 Å². The summed E-state index contributed by atoms with van der Waals surface area (Å²) in [5.74, 6) is 1.62. The summed E-state index contributed by atoms with van der Waals surface area (Å²) >= 11 is 1.49. The number of hydrogen-bond acceptors (Lipinski definition) is 11. The first-order chi connectivity index (χ1) is 19.4. The number of anilines is 3. The summed E-state index contributed by atoms with van der Waals surface area (Å²) in [7, 11) is 2.13. The SMILES string of the molecule is C=CC(=O)N1CCN(c2cc(-c3noc(C4CCCc5sc(N)c(C#N)c54)n3)nc(N3CCN(C)CC3)c2)CC1. The number of piperazine rings is 2. The lowest BCUT2D eigenvalue weighted by atomic mass is 9.85. The van der Waals surface area contributed by atoms with Crippen LogP contribution in [0.2, 0.25) is 0 Å². The molecule has 0 radical (unpaired) electrons. The van der Waals surface area contributed by atoms with Crippen LogP contribution in [0.25, 0.3) is 11.5 Å². The van der Waals surface area contributed by atoms with Gasteiger partial charge in [0.2, 0.25) is 17.6 Å². The summed E-state index contributed by atoms with van der Waals surface area (Å²) in [5, 5.41) is 14.7. The van der Waals surface area contributed by atoms with Crippen LogP contribution in [0.1, 0.15) is 40.7 Å². The molecule has 1 amide bonds. The minimum absolute atomic E-state index is 0.0367. The summed E-state index contributed by atoms with van der Waals surface area (Å²) in [5.41, 5.74) is 9.31. The maximum Gasteiger partial charge on any atom is 0.246 e. The van der Waals surface area contributed by atoms with Crippen molar-refractivity contribution in [3.05, 3.63) is 46.7 Å². The summed E-state index contributed by atoms with van der Waals surface area (Å²) in [6.45, 7) is 10.00. The van der Waals surface area contributed by atoms with Gasteiger partial charge in [0, 0.05) is 69.0 Å². The zero-order chi connectivity index (χ0) is 27.8. The topological polar surface area (TPSA) is 132 Å². The number of likely N-dealkylation sites (N-methyl/N-ethyl adjacent to an activating group) is 1. The molecule has 3 aliphatic rings.